The van der Waals surface area contributed by atoms with Gasteiger partial charge in [-0.15, -0.1) is 0 Å². The normalized spacial score (nSPS) is 11.0. The van der Waals surface area contributed by atoms with Gasteiger partial charge in [0.2, 0.25) is 0 Å². The Morgan fingerprint density at radius 2 is 1.96 bits per heavy atom. The fourth-order valence-corrected chi connectivity index (χ4v) is 2.12. The van der Waals surface area contributed by atoms with Gasteiger partial charge in [0, 0.05) is 23.5 Å². The molecule has 0 aliphatic carbocycles. The number of aromatic nitrogens is 5. The van der Waals surface area contributed by atoms with E-state index < -0.39 is 0 Å². The number of carbonyl (C=O) groups excluding carboxylic acids is 1. The maximum Gasteiger partial charge on any atom is 0.276 e. The predicted molar refractivity (Wildman–Crippen MR) is 87.1 cm³/mol. The van der Waals surface area contributed by atoms with Crippen molar-refractivity contribution >= 4 is 11.6 Å². The summed E-state index contributed by atoms with van der Waals surface area (Å²) in [5.74, 6) is 1.17. The molecule has 0 saturated heterocycles. The van der Waals surface area contributed by atoms with Crippen LogP contribution in [0, 0.1) is 6.92 Å². The lowest BCUT2D eigenvalue weighted by Crippen LogP contribution is -2.13. The summed E-state index contributed by atoms with van der Waals surface area (Å²) in [5, 5.41) is 14.0. The number of rotatable bonds is 4. The lowest BCUT2D eigenvalue weighted by atomic mass is 10.2. The van der Waals surface area contributed by atoms with Crippen molar-refractivity contribution < 1.29 is 4.79 Å². The van der Waals surface area contributed by atoms with Crippen LogP contribution in [0.15, 0.2) is 36.5 Å². The van der Waals surface area contributed by atoms with Gasteiger partial charge >= 0.3 is 0 Å². The molecule has 3 rings (SSSR count). The van der Waals surface area contributed by atoms with E-state index in [1.54, 1.807) is 16.9 Å². The molecule has 0 radical (unpaired) electrons. The fourth-order valence-electron chi connectivity index (χ4n) is 2.12. The molecule has 7 heteroatoms. The number of carbonyl (C=O) groups is 1. The zero-order valence-electron chi connectivity index (χ0n) is 13.2. The van der Waals surface area contributed by atoms with Gasteiger partial charge in [0.05, 0.1) is 0 Å². The molecule has 0 spiro atoms. The molecule has 118 valence electrons. The number of benzene rings is 1. The van der Waals surface area contributed by atoms with Crippen LogP contribution in [0.5, 0.6) is 0 Å². The summed E-state index contributed by atoms with van der Waals surface area (Å²) in [7, 11) is 0. The van der Waals surface area contributed by atoms with Crippen LogP contribution >= 0.6 is 0 Å². The summed E-state index contributed by atoms with van der Waals surface area (Å²) in [6.07, 6.45) is 1.80. The van der Waals surface area contributed by atoms with Gasteiger partial charge in [0.1, 0.15) is 5.82 Å². The number of aromatic amines is 1. The van der Waals surface area contributed by atoms with E-state index in [1.807, 2.05) is 45.0 Å². The minimum absolute atomic E-state index is 0.223. The van der Waals surface area contributed by atoms with Gasteiger partial charge in [-0.25, -0.2) is 4.98 Å². The molecule has 7 nitrogen and oxygen atoms in total. The Labute approximate surface area is 133 Å². The Bertz CT molecular complexity index is 815. The van der Waals surface area contributed by atoms with Crippen LogP contribution in [0.1, 0.15) is 36.2 Å². The summed E-state index contributed by atoms with van der Waals surface area (Å²) in [6, 6.07) is 9.30. The third-order valence-corrected chi connectivity index (χ3v) is 3.37. The average Bonchev–Trinajstić information content (AvgIpc) is 3.17. The molecule has 2 aromatic heterocycles. The molecule has 0 aliphatic heterocycles. The number of amides is 1. The zero-order chi connectivity index (χ0) is 16.4. The first-order valence-electron chi connectivity index (χ1n) is 7.39. The topological polar surface area (TPSA) is 88.5 Å². The number of H-pyrrole nitrogens is 1. The van der Waals surface area contributed by atoms with Gasteiger partial charge in [-0.05, 0) is 51.1 Å². The number of aryl methyl sites for hydroxylation is 1. The van der Waals surface area contributed by atoms with E-state index in [2.05, 4.69) is 25.6 Å². The van der Waals surface area contributed by atoms with E-state index in [4.69, 9.17) is 0 Å². The Morgan fingerprint density at radius 1 is 1.22 bits per heavy atom. The van der Waals surface area contributed by atoms with Crippen LogP contribution in [-0.4, -0.2) is 30.9 Å². The van der Waals surface area contributed by atoms with Crippen molar-refractivity contribution in [2.45, 2.75) is 26.8 Å². The summed E-state index contributed by atoms with van der Waals surface area (Å²) in [6.45, 7) is 5.87. The monoisotopic (exact) mass is 310 g/mol. The highest BCUT2D eigenvalue weighted by Gasteiger charge is 2.11. The maximum atomic E-state index is 12.2. The highest BCUT2D eigenvalue weighted by atomic mass is 16.1. The van der Waals surface area contributed by atoms with Gasteiger partial charge < -0.3 is 5.32 Å². The van der Waals surface area contributed by atoms with Crippen LogP contribution in [0.4, 0.5) is 5.69 Å². The SMILES string of the molecule is Cc1nc(-c2ccc(NC(=O)c3ccn(C(C)C)n3)cc2)n[nH]1. The second kappa shape index (κ2) is 6.04. The Morgan fingerprint density at radius 3 is 2.52 bits per heavy atom. The van der Waals surface area contributed by atoms with E-state index in [9.17, 15) is 4.79 Å². The Kier molecular flexibility index (Phi) is 3.92. The Balaban J connectivity index is 1.71. The first kappa shape index (κ1) is 15.0. The van der Waals surface area contributed by atoms with Gasteiger partial charge in [0.25, 0.3) is 5.91 Å². The number of nitrogens with one attached hydrogen (secondary N) is 2. The van der Waals surface area contributed by atoms with Crippen molar-refractivity contribution in [2.24, 2.45) is 0 Å². The van der Waals surface area contributed by atoms with E-state index in [-0.39, 0.29) is 11.9 Å². The number of hydrogen-bond acceptors (Lipinski definition) is 4. The molecule has 2 heterocycles. The molecule has 0 saturated carbocycles. The van der Waals surface area contributed by atoms with Crippen LogP contribution in [0.3, 0.4) is 0 Å². The predicted octanol–water partition coefficient (Wildman–Crippen LogP) is 2.81. The largest absolute Gasteiger partial charge is 0.321 e. The highest BCUT2D eigenvalue weighted by Crippen LogP contribution is 2.18. The van der Waals surface area contributed by atoms with Crippen molar-refractivity contribution in [3.05, 3.63) is 48.0 Å². The summed E-state index contributed by atoms with van der Waals surface area (Å²) < 4.78 is 1.75. The van der Waals surface area contributed by atoms with Gasteiger partial charge in [-0.3, -0.25) is 14.6 Å². The van der Waals surface area contributed by atoms with E-state index in [0.29, 0.717) is 17.2 Å². The van der Waals surface area contributed by atoms with Crippen molar-refractivity contribution in [1.82, 2.24) is 25.0 Å². The first-order valence-corrected chi connectivity index (χ1v) is 7.39. The minimum atomic E-state index is -0.231. The van der Waals surface area contributed by atoms with Crippen molar-refractivity contribution in [1.29, 1.82) is 0 Å². The molecule has 23 heavy (non-hydrogen) atoms. The van der Waals surface area contributed by atoms with Crippen LogP contribution < -0.4 is 5.32 Å². The second-order valence-corrected chi connectivity index (χ2v) is 5.55. The van der Waals surface area contributed by atoms with Crippen LogP contribution in [0.2, 0.25) is 0 Å². The molecule has 0 aliphatic rings. The molecule has 0 fully saturated rings. The van der Waals surface area contributed by atoms with E-state index in [1.165, 1.54) is 0 Å². The lowest BCUT2D eigenvalue weighted by molar-refractivity contribution is 0.102. The summed E-state index contributed by atoms with van der Waals surface area (Å²) in [4.78, 5) is 16.5. The van der Waals surface area contributed by atoms with Crippen LogP contribution in [-0.2, 0) is 0 Å². The molecule has 1 amide bonds. The molecule has 3 aromatic rings. The highest BCUT2D eigenvalue weighted by molar-refractivity contribution is 6.02. The standard InChI is InChI=1S/C16H18N6O/c1-10(2)22-9-8-14(21-22)16(23)18-13-6-4-12(5-7-13)15-17-11(3)19-20-15/h4-10H,1-3H3,(H,18,23)(H,17,19,20). The average molecular weight is 310 g/mol. The molecular weight excluding hydrogens is 292 g/mol. The summed E-state index contributed by atoms with van der Waals surface area (Å²) >= 11 is 0. The minimum Gasteiger partial charge on any atom is -0.321 e. The molecular formula is C16H18N6O. The first-order chi connectivity index (χ1) is 11.0. The van der Waals surface area contributed by atoms with Gasteiger partial charge in [0.15, 0.2) is 11.5 Å². The lowest BCUT2D eigenvalue weighted by Gasteiger charge is -2.05. The van der Waals surface area contributed by atoms with Crippen molar-refractivity contribution in [3.63, 3.8) is 0 Å². The van der Waals surface area contributed by atoms with E-state index >= 15 is 0 Å². The fraction of sp³-hybridized carbons (Fsp3) is 0.250. The Hall–Kier alpha value is -2.96. The number of anilines is 1. The number of nitrogens with zero attached hydrogens (tertiary/aromatic N) is 4. The molecule has 2 N–H and O–H groups in total. The van der Waals surface area contributed by atoms with E-state index in [0.717, 1.165) is 11.4 Å². The van der Waals surface area contributed by atoms with Crippen molar-refractivity contribution in [2.75, 3.05) is 5.32 Å². The third kappa shape index (κ3) is 3.28. The molecule has 0 bridgehead atoms. The van der Waals surface area contributed by atoms with Crippen LogP contribution in [0.25, 0.3) is 11.4 Å². The smallest absolute Gasteiger partial charge is 0.276 e. The molecule has 0 atom stereocenters. The molecule has 1 aromatic carbocycles. The summed E-state index contributed by atoms with van der Waals surface area (Å²) in [5.41, 5.74) is 1.98. The molecule has 0 unspecified atom stereocenters. The number of hydrogen-bond donors (Lipinski definition) is 2. The van der Waals surface area contributed by atoms with Gasteiger partial charge in [-0.2, -0.15) is 10.2 Å². The van der Waals surface area contributed by atoms with Gasteiger partial charge in [-0.1, -0.05) is 0 Å². The maximum absolute atomic E-state index is 12.2. The second-order valence-electron chi connectivity index (χ2n) is 5.55. The van der Waals surface area contributed by atoms with Crippen molar-refractivity contribution in [3.8, 4) is 11.4 Å². The third-order valence-electron chi connectivity index (χ3n) is 3.37. The zero-order valence-corrected chi connectivity index (χ0v) is 13.2. The quantitative estimate of drug-likeness (QED) is 0.775.